The number of rotatable bonds is 3. The maximum absolute atomic E-state index is 11.9. The van der Waals surface area contributed by atoms with Crippen molar-refractivity contribution in [3.63, 3.8) is 0 Å². The summed E-state index contributed by atoms with van der Waals surface area (Å²) in [6, 6.07) is 4.62. The van der Waals surface area contributed by atoms with Crippen molar-refractivity contribution in [3.05, 3.63) is 23.8 Å². The van der Waals surface area contributed by atoms with Gasteiger partial charge in [0.25, 0.3) is 0 Å². The van der Waals surface area contributed by atoms with Crippen LogP contribution in [0.3, 0.4) is 0 Å². The van der Waals surface area contributed by atoms with Crippen molar-refractivity contribution in [2.45, 2.75) is 25.5 Å². The van der Waals surface area contributed by atoms with Crippen molar-refractivity contribution in [3.8, 4) is 5.75 Å². The molecule has 0 bridgehead atoms. The molecule has 1 rings (SSSR count). The van der Waals surface area contributed by atoms with E-state index in [0.29, 0.717) is 11.3 Å². The fraction of sp³-hybridized carbons (Fsp3) is 0.417. The first kappa shape index (κ1) is 14.5. The van der Waals surface area contributed by atoms with Crippen molar-refractivity contribution in [2.75, 3.05) is 11.6 Å². The minimum atomic E-state index is -3.51. The van der Waals surface area contributed by atoms with Gasteiger partial charge in [-0.25, -0.2) is 8.42 Å². The van der Waals surface area contributed by atoms with Gasteiger partial charge in [-0.3, -0.25) is 4.79 Å². The molecule has 18 heavy (non-hydrogen) atoms. The van der Waals surface area contributed by atoms with Crippen LogP contribution in [-0.4, -0.2) is 30.4 Å². The first-order chi connectivity index (χ1) is 8.05. The Morgan fingerprint density at radius 1 is 1.33 bits per heavy atom. The second kappa shape index (κ2) is 4.61. The molecule has 0 aliphatic carbocycles. The van der Waals surface area contributed by atoms with Gasteiger partial charge in [0.1, 0.15) is 10.5 Å². The molecule has 0 heterocycles. The van der Waals surface area contributed by atoms with Crippen LogP contribution in [0.1, 0.15) is 19.4 Å². The molecule has 0 radical (unpaired) electrons. The highest BCUT2D eigenvalue weighted by molar-refractivity contribution is 7.92. The molecule has 0 spiro atoms. The van der Waals surface area contributed by atoms with Crippen LogP contribution in [0.25, 0.3) is 0 Å². The lowest BCUT2D eigenvalue weighted by Gasteiger charge is -2.21. The SMILES string of the molecule is Cc1ccc(NC(=O)C(C)(C)S(C)(=O)=O)cc1O. The summed E-state index contributed by atoms with van der Waals surface area (Å²) < 4.78 is 21.5. The van der Waals surface area contributed by atoms with Gasteiger partial charge in [0, 0.05) is 18.0 Å². The maximum Gasteiger partial charge on any atom is 0.245 e. The molecule has 0 aromatic heterocycles. The summed E-state index contributed by atoms with van der Waals surface area (Å²) in [6.07, 6.45) is 1.01. The maximum atomic E-state index is 11.9. The fourth-order valence-corrected chi connectivity index (χ4v) is 1.52. The number of phenolic OH excluding ortho intramolecular Hbond substituents is 1. The van der Waals surface area contributed by atoms with E-state index in [1.165, 1.54) is 19.9 Å². The summed E-state index contributed by atoms with van der Waals surface area (Å²) in [5, 5.41) is 12.0. The molecule has 1 amide bonds. The van der Waals surface area contributed by atoms with Gasteiger partial charge in [-0.2, -0.15) is 0 Å². The molecule has 1 aromatic carbocycles. The molecule has 0 aliphatic rings. The molecule has 2 N–H and O–H groups in total. The number of benzene rings is 1. The van der Waals surface area contributed by atoms with Crippen molar-refractivity contribution in [1.82, 2.24) is 0 Å². The lowest BCUT2D eigenvalue weighted by Crippen LogP contribution is -2.43. The second-order valence-electron chi connectivity index (χ2n) is 4.74. The Morgan fingerprint density at radius 3 is 2.33 bits per heavy atom. The van der Waals surface area contributed by atoms with Gasteiger partial charge in [0.15, 0.2) is 9.84 Å². The minimum absolute atomic E-state index is 0.0463. The van der Waals surface area contributed by atoms with E-state index in [-0.39, 0.29) is 5.75 Å². The van der Waals surface area contributed by atoms with Crippen molar-refractivity contribution >= 4 is 21.4 Å². The Bertz CT molecular complexity index is 576. The van der Waals surface area contributed by atoms with E-state index < -0.39 is 20.5 Å². The average molecular weight is 271 g/mol. The third kappa shape index (κ3) is 2.81. The first-order valence-electron chi connectivity index (χ1n) is 5.36. The number of anilines is 1. The number of sulfone groups is 1. The van der Waals surface area contributed by atoms with E-state index in [1.807, 2.05) is 0 Å². The highest BCUT2D eigenvalue weighted by atomic mass is 32.2. The van der Waals surface area contributed by atoms with Gasteiger partial charge in [-0.15, -0.1) is 0 Å². The zero-order valence-electron chi connectivity index (χ0n) is 10.8. The number of amides is 1. The number of hydrogen-bond donors (Lipinski definition) is 2. The van der Waals surface area contributed by atoms with Crippen LogP contribution < -0.4 is 5.32 Å². The predicted molar refractivity (Wildman–Crippen MR) is 70.4 cm³/mol. The lowest BCUT2D eigenvalue weighted by atomic mass is 10.1. The average Bonchev–Trinajstić information content (AvgIpc) is 2.21. The smallest absolute Gasteiger partial charge is 0.245 e. The quantitative estimate of drug-likeness (QED) is 0.871. The van der Waals surface area contributed by atoms with Gasteiger partial charge < -0.3 is 10.4 Å². The van der Waals surface area contributed by atoms with Crippen LogP contribution in [0.2, 0.25) is 0 Å². The molecular weight excluding hydrogens is 254 g/mol. The topological polar surface area (TPSA) is 83.5 Å². The molecule has 5 nitrogen and oxygen atoms in total. The molecule has 0 saturated heterocycles. The van der Waals surface area contributed by atoms with Crippen LogP contribution in [0, 0.1) is 6.92 Å². The third-order valence-electron chi connectivity index (χ3n) is 2.94. The minimum Gasteiger partial charge on any atom is -0.508 e. The van der Waals surface area contributed by atoms with E-state index >= 15 is 0 Å². The number of carbonyl (C=O) groups is 1. The Labute approximate surface area is 107 Å². The van der Waals surface area contributed by atoms with Crippen molar-refractivity contribution in [1.29, 1.82) is 0 Å². The number of phenols is 1. The molecule has 1 aromatic rings. The van der Waals surface area contributed by atoms with Gasteiger partial charge in [-0.1, -0.05) is 6.07 Å². The van der Waals surface area contributed by atoms with Crippen LogP contribution >= 0.6 is 0 Å². The van der Waals surface area contributed by atoms with E-state index in [2.05, 4.69) is 5.32 Å². The zero-order chi connectivity index (χ0) is 14.1. The predicted octanol–water partition coefficient (Wildman–Crippen LogP) is 1.46. The molecule has 6 heteroatoms. The number of aromatic hydroxyl groups is 1. The number of hydrogen-bond acceptors (Lipinski definition) is 4. The molecule has 0 fully saturated rings. The first-order valence-corrected chi connectivity index (χ1v) is 7.25. The van der Waals surface area contributed by atoms with Crippen LogP contribution in [0.4, 0.5) is 5.69 Å². The van der Waals surface area contributed by atoms with E-state index in [4.69, 9.17) is 0 Å². The normalized spacial score (nSPS) is 12.2. The molecular formula is C12H17NO4S. The summed E-state index contributed by atoms with van der Waals surface area (Å²) in [6.45, 7) is 4.40. The van der Waals surface area contributed by atoms with Gasteiger partial charge in [0.05, 0.1) is 0 Å². The molecule has 0 atom stereocenters. The summed E-state index contributed by atoms with van der Waals surface area (Å²) in [5.41, 5.74) is 1.04. The largest absolute Gasteiger partial charge is 0.508 e. The Hall–Kier alpha value is -1.56. The van der Waals surface area contributed by atoms with Crippen molar-refractivity contribution < 1.29 is 18.3 Å². The molecule has 0 aliphatic heterocycles. The van der Waals surface area contributed by atoms with Crippen molar-refractivity contribution in [2.24, 2.45) is 0 Å². The summed E-state index contributed by atoms with van der Waals surface area (Å²) >= 11 is 0. The van der Waals surface area contributed by atoms with Gasteiger partial charge in [-0.05, 0) is 32.4 Å². The van der Waals surface area contributed by atoms with E-state index in [0.717, 1.165) is 6.26 Å². The second-order valence-corrected chi connectivity index (χ2v) is 7.30. The molecule has 0 saturated carbocycles. The third-order valence-corrected chi connectivity index (χ3v) is 4.98. The van der Waals surface area contributed by atoms with Gasteiger partial charge >= 0.3 is 0 Å². The highest BCUT2D eigenvalue weighted by Gasteiger charge is 2.38. The summed E-state index contributed by atoms with van der Waals surface area (Å²) in [7, 11) is -3.51. The lowest BCUT2D eigenvalue weighted by molar-refractivity contribution is -0.117. The van der Waals surface area contributed by atoms with E-state index in [1.54, 1.807) is 19.1 Å². The standard InChI is InChI=1S/C12H17NO4S/c1-8-5-6-9(7-10(8)14)13-11(15)12(2,3)18(4,16)17/h5-7,14H,1-4H3,(H,13,15). The number of aryl methyl sites for hydroxylation is 1. The van der Waals surface area contributed by atoms with Crippen LogP contribution in [0.5, 0.6) is 5.75 Å². The highest BCUT2D eigenvalue weighted by Crippen LogP contribution is 2.23. The summed E-state index contributed by atoms with van der Waals surface area (Å²) in [4.78, 5) is 11.9. The van der Waals surface area contributed by atoms with Crippen LogP contribution in [-0.2, 0) is 14.6 Å². The fourth-order valence-electron chi connectivity index (χ4n) is 1.14. The number of nitrogens with one attached hydrogen (secondary N) is 1. The molecule has 0 unspecified atom stereocenters. The summed E-state index contributed by atoms with van der Waals surface area (Å²) in [5.74, 6) is -0.585. The Morgan fingerprint density at radius 2 is 1.89 bits per heavy atom. The molecule has 100 valence electrons. The number of carbonyl (C=O) groups excluding carboxylic acids is 1. The van der Waals surface area contributed by atoms with Gasteiger partial charge in [0.2, 0.25) is 5.91 Å². The monoisotopic (exact) mass is 271 g/mol. The Balaban J connectivity index is 2.99. The van der Waals surface area contributed by atoms with Crippen LogP contribution in [0.15, 0.2) is 18.2 Å². The zero-order valence-corrected chi connectivity index (χ0v) is 11.6. The Kier molecular flexibility index (Phi) is 3.71. The van der Waals surface area contributed by atoms with E-state index in [9.17, 15) is 18.3 Å².